The van der Waals surface area contributed by atoms with Crippen LogP contribution in [0.1, 0.15) is 18.9 Å². The Morgan fingerprint density at radius 3 is 3.00 bits per heavy atom. The van der Waals surface area contributed by atoms with Crippen LogP contribution in [0.15, 0.2) is 24.3 Å². The van der Waals surface area contributed by atoms with Gasteiger partial charge in [-0.2, -0.15) is 0 Å². The quantitative estimate of drug-likeness (QED) is 0.652. The summed E-state index contributed by atoms with van der Waals surface area (Å²) in [6.07, 6.45) is 1.12. The summed E-state index contributed by atoms with van der Waals surface area (Å²) >= 11 is 0. The van der Waals surface area contributed by atoms with Crippen molar-refractivity contribution in [3.8, 4) is 0 Å². The van der Waals surface area contributed by atoms with Crippen LogP contribution in [-0.2, 0) is 6.54 Å². The number of likely N-dealkylation sites (tertiary alicyclic amines) is 1. The monoisotopic (exact) mass is 249 g/mol. The maximum Gasteiger partial charge on any atom is 0.269 e. The molecule has 2 unspecified atom stereocenters. The molecule has 2 atom stereocenters. The van der Waals surface area contributed by atoms with E-state index < -0.39 is 0 Å². The van der Waals surface area contributed by atoms with Crippen LogP contribution in [0, 0.1) is 16.0 Å². The van der Waals surface area contributed by atoms with Gasteiger partial charge in [0, 0.05) is 31.3 Å². The molecule has 0 bridgehead atoms. The predicted octanol–water partition coefficient (Wildman–Crippen LogP) is 1.76. The fourth-order valence-corrected chi connectivity index (χ4v) is 2.46. The van der Waals surface area contributed by atoms with Crippen molar-refractivity contribution in [1.82, 2.24) is 4.90 Å². The van der Waals surface area contributed by atoms with Gasteiger partial charge in [0.25, 0.3) is 5.69 Å². The molecule has 5 heteroatoms. The highest BCUT2D eigenvalue weighted by atomic mass is 16.6. The smallest absolute Gasteiger partial charge is 0.269 e. The second kappa shape index (κ2) is 5.46. The number of benzene rings is 1. The highest BCUT2D eigenvalue weighted by molar-refractivity contribution is 5.34. The maximum absolute atomic E-state index is 10.7. The lowest BCUT2D eigenvalue weighted by Crippen LogP contribution is -2.29. The molecule has 1 aliphatic heterocycles. The second-order valence-electron chi connectivity index (χ2n) is 5.07. The highest BCUT2D eigenvalue weighted by Gasteiger charge is 2.25. The van der Waals surface area contributed by atoms with Crippen molar-refractivity contribution >= 4 is 5.69 Å². The number of nitrogens with two attached hydrogens (primary N) is 1. The largest absolute Gasteiger partial charge is 0.328 e. The van der Waals surface area contributed by atoms with Gasteiger partial charge in [-0.1, -0.05) is 12.1 Å². The van der Waals surface area contributed by atoms with Gasteiger partial charge in [0.15, 0.2) is 0 Å². The minimum Gasteiger partial charge on any atom is -0.328 e. The summed E-state index contributed by atoms with van der Waals surface area (Å²) in [5.74, 6) is 0.545. The zero-order chi connectivity index (χ0) is 13.1. The molecule has 0 saturated carbocycles. The molecule has 1 aromatic rings. The molecule has 2 rings (SSSR count). The summed E-state index contributed by atoms with van der Waals surface area (Å²) in [5.41, 5.74) is 7.06. The number of nitrogens with zero attached hydrogens (tertiary/aromatic N) is 2. The topological polar surface area (TPSA) is 72.4 Å². The number of rotatable bonds is 4. The Kier molecular flexibility index (Phi) is 3.93. The van der Waals surface area contributed by atoms with Crippen molar-refractivity contribution < 1.29 is 4.92 Å². The lowest BCUT2D eigenvalue weighted by molar-refractivity contribution is -0.384. The van der Waals surface area contributed by atoms with E-state index in [2.05, 4.69) is 4.90 Å². The molecule has 1 aromatic carbocycles. The van der Waals surface area contributed by atoms with Gasteiger partial charge in [-0.3, -0.25) is 15.0 Å². The van der Waals surface area contributed by atoms with Crippen LogP contribution in [-0.4, -0.2) is 29.0 Å². The van der Waals surface area contributed by atoms with E-state index in [1.807, 2.05) is 13.0 Å². The Hall–Kier alpha value is -1.46. The average molecular weight is 249 g/mol. The standard InChI is InChI=1S/C13H19N3O2/c1-10(14)12-5-6-15(9-12)8-11-3-2-4-13(7-11)16(17)18/h2-4,7,10,12H,5-6,8-9,14H2,1H3. The van der Waals surface area contributed by atoms with Crippen molar-refractivity contribution in [2.24, 2.45) is 11.7 Å². The Bertz CT molecular complexity index is 434. The van der Waals surface area contributed by atoms with Crippen molar-refractivity contribution in [3.05, 3.63) is 39.9 Å². The van der Waals surface area contributed by atoms with Crippen LogP contribution in [0.3, 0.4) is 0 Å². The first-order valence-electron chi connectivity index (χ1n) is 6.27. The molecule has 0 amide bonds. The molecule has 0 aliphatic carbocycles. The van der Waals surface area contributed by atoms with Crippen LogP contribution in [0.5, 0.6) is 0 Å². The molecule has 1 fully saturated rings. The van der Waals surface area contributed by atoms with Crippen molar-refractivity contribution in [1.29, 1.82) is 0 Å². The van der Waals surface area contributed by atoms with Crippen molar-refractivity contribution in [2.75, 3.05) is 13.1 Å². The van der Waals surface area contributed by atoms with E-state index >= 15 is 0 Å². The predicted molar refractivity (Wildman–Crippen MR) is 70.1 cm³/mol. The van der Waals surface area contributed by atoms with Crippen LogP contribution >= 0.6 is 0 Å². The highest BCUT2D eigenvalue weighted by Crippen LogP contribution is 2.22. The Labute approximate surface area is 107 Å². The average Bonchev–Trinajstić information content (AvgIpc) is 2.78. The van der Waals surface area contributed by atoms with Crippen molar-refractivity contribution in [3.63, 3.8) is 0 Å². The number of non-ortho nitro benzene ring substituents is 1. The fraction of sp³-hybridized carbons (Fsp3) is 0.538. The van der Waals surface area contributed by atoms with E-state index in [9.17, 15) is 10.1 Å². The normalized spacial score (nSPS) is 22.0. The van der Waals surface area contributed by atoms with Gasteiger partial charge in [-0.25, -0.2) is 0 Å². The summed E-state index contributed by atoms with van der Waals surface area (Å²) in [4.78, 5) is 12.7. The van der Waals surface area contributed by atoms with E-state index in [0.29, 0.717) is 5.92 Å². The first-order valence-corrected chi connectivity index (χ1v) is 6.27. The van der Waals surface area contributed by atoms with E-state index in [-0.39, 0.29) is 16.7 Å². The molecular weight excluding hydrogens is 230 g/mol. The number of hydrogen-bond donors (Lipinski definition) is 1. The molecular formula is C13H19N3O2. The van der Waals surface area contributed by atoms with Gasteiger partial charge in [0.05, 0.1) is 4.92 Å². The lowest BCUT2D eigenvalue weighted by Gasteiger charge is -2.17. The van der Waals surface area contributed by atoms with Gasteiger partial charge < -0.3 is 5.73 Å². The number of hydrogen-bond acceptors (Lipinski definition) is 4. The van der Waals surface area contributed by atoms with Crippen LogP contribution < -0.4 is 5.73 Å². The second-order valence-corrected chi connectivity index (χ2v) is 5.07. The molecule has 2 N–H and O–H groups in total. The minimum absolute atomic E-state index is 0.162. The van der Waals surface area contributed by atoms with E-state index in [0.717, 1.165) is 31.6 Å². The van der Waals surface area contributed by atoms with Gasteiger partial charge in [0.1, 0.15) is 0 Å². The molecule has 18 heavy (non-hydrogen) atoms. The van der Waals surface area contributed by atoms with Gasteiger partial charge >= 0.3 is 0 Å². The Morgan fingerprint density at radius 1 is 1.61 bits per heavy atom. The van der Waals surface area contributed by atoms with E-state index in [4.69, 9.17) is 5.73 Å². The zero-order valence-electron chi connectivity index (χ0n) is 10.6. The Morgan fingerprint density at radius 2 is 2.39 bits per heavy atom. The van der Waals surface area contributed by atoms with Gasteiger partial charge in [0.2, 0.25) is 0 Å². The number of nitro groups is 1. The summed E-state index contributed by atoms with van der Waals surface area (Å²) in [7, 11) is 0. The minimum atomic E-state index is -0.349. The molecule has 0 spiro atoms. The van der Waals surface area contributed by atoms with Crippen LogP contribution in [0.25, 0.3) is 0 Å². The van der Waals surface area contributed by atoms with Gasteiger partial charge in [-0.15, -0.1) is 0 Å². The summed E-state index contributed by atoms with van der Waals surface area (Å²) in [5, 5.41) is 10.7. The van der Waals surface area contributed by atoms with Crippen molar-refractivity contribution in [2.45, 2.75) is 25.9 Å². The van der Waals surface area contributed by atoms with Gasteiger partial charge in [-0.05, 0) is 31.4 Å². The third-order valence-electron chi connectivity index (χ3n) is 3.58. The summed E-state index contributed by atoms with van der Waals surface area (Å²) < 4.78 is 0. The first-order chi connectivity index (χ1) is 8.56. The lowest BCUT2D eigenvalue weighted by atomic mass is 10.0. The third-order valence-corrected chi connectivity index (χ3v) is 3.58. The van der Waals surface area contributed by atoms with E-state index in [1.54, 1.807) is 12.1 Å². The molecule has 1 aliphatic rings. The molecule has 1 saturated heterocycles. The first kappa shape index (κ1) is 13.0. The summed E-state index contributed by atoms with van der Waals surface area (Å²) in [6.45, 7) is 4.82. The molecule has 0 aromatic heterocycles. The zero-order valence-corrected chi connectivity index (χ0v) is 10.6. The van der Waals surface area contributed by atoms with Crippen LogP contribution in [0.4, 0.5) is 5.69 Å². The molecule has 0 radical (unpaired) electrons. The molecule has 1 heterocycles. The Balaban J connectivity index is 1.98. The third kappa shape index (κ3) is 3.05. The van der Waals surface area contributed by atoms with E-state index in [1.165, 1.54) is 6.07 Å². The SMILES string of the molecule is CC(N)C1CCN(Cc2cccc([N+](=O)[O-])c2)C1. The molecule has 98 valence electrons. The fourth-order valence-electron chi connectivity index (χ4n) is 2.46. The summed E-state index contributed by atoms with van der Waals surface area (Å²) in [6, 6.07) is 7.08. The number of nitro benzene ring substituents is 1. The van der Waals surface area contributed by atoms with Crippen LogP contribution in [0.2, 0.25) is 0 Å². The maximum atomic E-state index is 10.7. The molecule has 5 nitrogen and oxygen atoms in total.